The standard InChI is InChI=1S/C16H34O5/c1-4-16(11-18,8-13(2)3)12-21-10-15(20)7-5-6-14(19)9-17/h13-15,17-20H,4-12H2,1-3H3. The Labute approximate surface area is 129 Å². The van der Waals surface area contributed by atoms with E-state index in [1.807, 2.05) is 0 Å². The van der Waals surface area contributed by atoms with Gasteiger partial charge < -0.3 is 25.2 Å². The normalized spacial score (nSPS) is 17.7. The van der Waals surface area contributed by atoms with E-state index in [-0.39, 0.29) is 25.2 Å². The molecule has 3 atom stereocenters. The summed E-state index contributed by atoms with van der Waals surface area (Å²) in [5.41, 5.74) is -0.221. The van der Waals surface area contributed by atoms with Gasteiger partial charge in [-0.05, 0) is 38.0 Å². The Balaban J connectivity index is 3.97. The first kappa shape index (κ1) is 20.8. The molecular formula is C16H34O5. The molecule has 5 heteroatoms. The zero-order valence-corrected chi connectivity index (χ0v) is 13.8. The van der Waals surface area contributed by atoms with Gasteiger partial charge >= 0.3 is 0 Å². The highest BCUT2D eigenvalue weighted by Crippen LogP contribution is 2.30. The minimum Gasteiger partial charge on any atom is -0.396 e. The van der Waals surface area contributed by atoms with Gasteiger partial charge in [-0.15, -0.1) is 0 Å². The van der Waals surface area contributed by atoms with Crippen molar-refractivity contribution in [3.8, 4) is 0 Å². The topological polar surface area (TPSA) is 90.2 Å². The first-order chi connectivity index (χ1) is 9.89. The van der Waals surface area contributed by atoms with Gasteiger partial charge in [0.1, 0.15) is 0 Å². The number of rotatable bonds is 13. The van der Waals surface area contributed by atoms with Crippen LogP contribution in [0.15, 0.2) is 0 Å². The fourth-order valence-corrected chi connectivity index (χ4v) is 2.57. The molecule has 0 radical (unpaired) electrons. The summed E-state index contributed by atoms with van der Waals surface area (Å²) in [6.07, 6.45) is 2.15. The van der Waals surface area contributed by atoms with E-state index in [2.05, 4.69) is 20.8 Å². The molecule has 0 aromatic carbocycles. The van der Waals surface area contributed by atoms with Gasteiger partial charge in [-0.25, -0.2) is 0 Å². The maximum atomic E-state index is 9.83. The minimum absolute atomic E-state index is 0.0977. The molecule has 0 saturated carbocycles. The molecule has 4 N–H and O–H groups in total. The molecule has 0 aliphatic heterocycles. The van der Waals surface area contributed by atoms with Crippen LogP contribution in [0.4, 0.5) is 0 Å². The second-order valence-electron chi connectivity index (χ2n) is 6.55. The molecule has 128 valence electrons. The molecule has 0 spiro atoms. The number of aliphatic hydroxyl groups is 4. The molecular weight excluding hydrogens is 272 g/mol. The van der Waals surface area contributed by atoms with E-state index in [0.717, 1.165) is 12.8 Å². The van der Waals surface area contributed by atoms with Crippen LogP contribution in [0.5, 0.6) is 0 Å². The van der Waals surface area contributed by atoms with Crippen molar-refractivity contribution in [3.63, 3.8) is 0 Å². The van der Waals surface area contributed by atoms with Crippen LogP contribution in [-0.2, 0) is 4.74 Å². The zero-order valence-electron chi connectivity index (χ0n) is 13.8. The van der Waals surface area contributed by atoms with E-state index >= 15 is 0 Å². The second kappa shape index (κ2) is 11.4. The molecule has 0 aromatic heterocycles. The molecule has 0 amide bonds. The summed E-state index contributed by atoms with van der Waals surface area (Å²) in [7, 11) is 0. The van der Waals surface area contributed by atoms with Crippen LogP contribution in [0.3, 0.4) is 0 Å². The SMILES string of the molecule is CCC(CO)(COCC(O)CCCC(O)CO)CC(C)C. The molecule has 0 rings (SSSR count). The van der Waals surface area contributed by atoms with Crippen molar-refractivity contribution in [2.45, 2.75) is 65.1 Å². The van der Waals surface area contributed by atoms with Gasteiger partial charge in [-0.3, -0.25) is 0 Å². The molecule has 3 unspecified atom stereocenters. The first-order valence-corrected chi connectivity index (χ1v) is 8.04. The van der Waals surface area contributed by atoms with Crippen LogP contribution in [0.2, 0.25) is 0 Å². The van der Waals surface area contributed by atoms with Gasteiger partial charge in [0.2, 0.25) is 0 Å². The number of aliphatic hydroxyl groups excluding tert-OH is 4. The van der Waals surface area contributed by atoms with Crippen molar-refractivity contribution < 1.29 is 25.2 Å². The van der Waals surface area contributed by atoms with E-state index in [4.69, 9.17) is 9.84 Å². The van der Waals surface area contributed by atoms with Crippen molar-refractivity contribution in [3.05, 3.63) is 0 Å². The lowest BCUT2D eigenvalue weighted by Crippen LogP contribution is -2.33. The van der Waals surface area contributed by atoms with Crippen LogP contribution >= 0.6 is 0 Å². The van der Waals surface area contributed by atoms with Crippen molar-refractivity contribution in [1.29, 1.82) is 0 Å². The molecule has 0 bridgehead atoms. The van der Waals surface area contributed by atoms with E-state index < -0.39 is 12.2 Å². The van der Waals surface area contributed by atoms with Gasteiger partial charge in [0, 0.05) is 5.41 Å². The maximum Gasteiger partial charge on any atom is 0.0773 e. The highest BCUT2D eigenvalue weighted by molar-refractivity contribution is 4.78. The van der Waals surface area contributed by atoms with Crippen LogP contribution < -0.4 is 0 Å². The molecule has 5 nitrogen and oxygen atoms in total. The minimum atomic E-state index is -0.703. The van der Waals surface area contributed by atoms with Gasteiger partial charge in [-0.2, -0.15) is 0 Å². The van der Waals surface area contributed by atoms with Crippen molar-refractivity contribution in [2.24, 2.45) is 11.3 Å². The third-order valence-electron chi connectivity index (χ3n) is 3.93. The van der Waals surface area contributed by atoms with E-state index in [1.54, 1.807) is 0 Å². The lowest BCUT2D eigenvalue weighted by molar-refractivity contribution is -0.0402. The fraction of sp³-hybridized carbons (Fsp3) is 1.00. The Hall–Kier alpha value is -0.200. The third kappa shape index (κ3) is 9.42. The molecule has 0 heterocycles. The van der Waals surface area contributed by atoms with E-state index in [0.29, 0.717) is 31.8 Å². The monoisotopic (exact) mass is 306 g/mol. The number of hydrogen-bond acceptors (Lipinski definition) is 5. The smallest absolute Gasteiger partial charge is 0.0773 e. The molecule has 0 saturated heterocycles. The highest BCUT2D eigenvalue weighted by atomic mass is 16.5. The molecule has 0 fully saturated rings. The summed E-state index contributed by atoms with van der Waals surface area (Å²) in [5, 5.41) is 37.4. The van der Waals surface area contributed by atoms with Crippen LogP contribution in [0.25, 0.3) is 0 Å². The summed E-state index contributed by atoms with van der Waals surface area (Å²) in [4.78, 5) is 0. The Morgan fingerprint density at radius 3 is 2.14 bits per heavy atom. The Kier molecular flexibility index (Phi) is 11.3. The summed E-state index contributed by atoms with van der Waals surface area (Å²) < 4.78 is 5.61. The van der Waals surface area contributed by atoms with E-state index in [1.165, 1.54) is 0 Å². The molecule has 0 aliphatic carbocycles. The van der Waals surface area contributed by atoms with E-state index in [9.17, 15) is 15.3 Å². The lowest BCUT2D eigenvalue weighted by atomic mass is 9.79. The predicted molar refractivity (Wildman–Crippen MR) is 83.0 cm³/mol. The van der Waals surface area contributed by atoms with Crippen molar-refractivity contribution in [1.82, 2.24) is 0 Å². The van der Waals surface area contributed by atoms with Crippen LogP contribution in [0.1, 0.15) is 52.9 Å². The largest absolute Gasteiger partial charge is 0.396 e. The van der Waals surface area contributed by atoms with Crippen molar-refractivity contribution >= 4 is 0 Å². The highest BCUT2D eigenvalue weighted by Gasteiger charge is 2.29. The number of ether oxygens (including phenoxy) is 1. The maximum absolute atomic E-state index is 9.83. The summed E-state index contributed by atoms with van der Waals surface area (Å²) in [6.45, 7) is 6.86. The molecule has 0 aromatic rings. The predicted octanol–water partition coefficient (Wildman–Crippen LogP) is 1.32. The van der Waals surface area contributed by atoms with Crippen LogP contribution in [-0.4, -0.2) is 59.1 Å². The summed E-state index contributed by atoms with van der Waals surface area (Å²) in [6, 6.07) is 0. The van der Waals surface area contributed by atoms with Gasteiger partial charge in [-0.1, -0.05) is 20.8 Å². The Bertz CT molecular complexity index is 241. The first-order valence-electron chi connectivity index (χ1n) is 8.04. The zero-order chi connectivity index (χ0) is 16.3. The Morgan fingerprint density at radius 2 is 1.67 bits per heavy atom. The molecule has 21 heavy (non-hydrogen) atoms. The third-order valence-corrected chi connectivity index (χ3v) is 3.93. The van der Waals surface area contributed by atoms with Gasteiger partial charge in [0.05, 0.1) is 38.6 Å². The molecule has 0 aliphatic rings. The summed E-state index contributed by atoms with van der Waals surface area (Å²) in [5.74, 6) is 0.491. The second-order valence-corrected chi connectivity index (χ2v) is 6.55. The average Bonchev–Trinajstić information content (AvgIpc) is 2.45. The lowest BCUT2D eigenvalue weighted by Gasteiger charge is -2.32. The van der Waals surface area contributed by atoms with Gasteiger partial charge in [0.15, 0.2) is 0 Å². The fourth-order valence-electron chi connectivity index (χ4n) is 2.57. The average molecular weight is 306 g/mol. The number of hydrogen-bond donors (Lipinski definition) is 4. The van der Waals surface area contributed by atoms with Gasteiger partial charge in [0.25, 0.3) is 0 Å². The van der Waals surface area contributed by atoms with Crippen LogP contribution in [0, 0.1) is 11.3 Å². The Morgan fingerprint density at radius 1 is 1.05 bits per heavy atom. The van der Waals surface area contributed by atoms with Crippen molar-refractivity contribution in [2.75, 3.05) is 26.4 Å². The quantitative estimate of drug-likeness (QED) is 0.412. The summed E-state index contributed by atoms with van der Waals surface area (Å²) >= 11 is 0.